The Bertz CT molecular complexity index is 516. The Balaban J connectivity index is 2.63. The lowest BCUT2D eigenvalue weighted by atomic mass is 10.1. The highest BCUT2D eigenvalue weighted by atomic mass is 35.5. The molecule has 16 heavy (non-hydrogen) atoms. The van der Waals surface area contributed by atoms with E-state index in [-0.39, 0.29) is 5.15 Å². The van der Waals surface area contributed by atoms with Crippen molar-refractivity contribution in [1.29, 1.82) is 0 Å². The van der Waals surface area contributed by atoms with Crippen LogP contribution in [0.2, 0.25) is 5.15 Å². The first-order chi connectivity index (χ1) is 7.74. The molecule has 0 amide bonds. The molecule has 2 aromatic rings. The molecule has 0 unspecified atom stereocenters. The molecule has 0 aliphatic heterocycles. The summed E-state index contributed by atoms with van der Waals surface area (Å²) in [7, 11) is 1.75. The number of halogens is 2. The van der Waals surface area contributed by atoms with Gasteiger partial charge in [-0.15, -0.1) is 0 Å². The Hall–Kier alpha value is -1.68. The van der Waals surface area contributed by atoms with Gasteiger partial charge in [0.25, 0.3) is 0 Å². The maximum Gasteiger partial charge on any atom is 0.168 e. The van der Waals surface area contributed by atoms with Crippen molar-refractivity contribution in [2.75, 3.05) is 12.4 Å². The van der Waals surface area contributed by atoms with Gasteiger partial charge in [-0.25, -0.2) is 9.37 Å². The van der Waals surface area contributed by atoms with E-state index in [1.807, 2.05) is 0 Å². The fourth-order valence-electron chi connectivity index (χ4n) is 1.45. The Morgan fingerprint density at radius 2 is 2.00 bits per heavy atom. The number of nitrogens with one attached hydrogen (secondary N) is 1. The van der Waals surface area contributed by atoms with E-state index in [2.05, 4.69) is 15.3 Å². The largest absolute Gasteiger partial charge is 0.386 e. The first-order valence-corrected chi connectivity index (χ1v) is 5.04. The van der Waals surface area contributed by atoms with Gasteiger partial charge >= 0.3 is 0 Å². The summed E-state index contributed by atoms with van der Waals surface area (Å²) in [5.41, 5.74) is 1.86. The minimum Gasteiger partial charge on any atom is -0.386 e. The average Bonchev–Trinajstić information content (AvgIpc) is 2.33. The van der Waals surface area contributed by atoms with Crippen LogP contribution in [0, 0.1) is 5.82 Å². The molecule has 5 heteroatoms. The summed E-state index contributed by atoms with van der Waals surface area (Å²) in [6.07, 6.45) is 4.70. The van der Waals surface area contributed by atoms with Gasteiger partial charge in [0.2, 0.25) is 0 Å². The van der Waals surface area contributed by atoms with Crippen LogP contribution in [0.1, 0.15) is 0 Å². The molecular weight excluding hydrogens is 229 g/mol. The van der Waals surface area contributed by atoms with E-state index in [1.54, 1.807) is 31.6 Å². The van der Waals surface area contributed by atoms with Crippen LogP contribution >= 0.6 is 11.6 Å². The predicted molar refractivity (Wildman–Crippen MR) is 62.0 cm³/mol. The Kier molecular flexibility index (Phi) is 3.01. The van der Waals surface area contributed by atoms with E-state index in [9.17, 15) is 4.39 Å². The molecule has 0 radical (unpaired) electrons. The third kappa shape index (κ3) is 1.84. The third-order valence-corrected chi connectivity index (χ3v) is 2.49. The molecule has 0 aliphatic rings. The number of anilines is 1. The van der Waals surface area contributed by atoms with Crippen molar-refractivity contribution in [1.82, 2.24) is 9.97 Å². The van der Waals surface area contributed by atoms with Crippen molar-refractivity contribution >= 4 is 17.3 Å². The van der Waals surface area contributed by atoms with Gasteiger partial charge < -0.3 is 5.32 Å². The van der Waals surface area contributed by atoms with Crippen molar-refractivity contribution in [2.24, 2.45) is 0 Å². The second-order valence-electron chi connectivity index (χ2n) is 3.13. The summed E-state index contributed by atoms with van der Waals surface area (Å²) < 4.78 is 13.8. The van der Waals surface area contributed by atoms with E-state index >= 15 is 0 Å². The van der Waals surface area contributed by atoms with E-state index in [1.165, 1.54) is 6.20 Å². The number of hydrogen-bond acceptors (Lipinski definition) is 3. The summed E-state index contributed by atoms with van der Waals surface area (Å²) in [6.45, 7) is 0. The zero-order valence-electron chi connectivity index (χ0n) is 8.54. The third-order valence-electron chi connectivity index (χ3n) is 2.23. The average molecular weight is 238 g/mol. The van der Waals surface area contributed by atoms with Crippen molar-refractivity contribution in [3.8, 4) is 11.1 Å². The summed E-state index contributed by atoms with van der Waals surface area (Å²) >= 11 is 5.64. The molecule has 2 heterocycles. The molecule has 3 nitrogen and oxygen atoms in total. The van der Waals surface area contributed by atoms with Crippen LogP contribution in [-0.4, -0.2) is 17.0 Å². The van der Waals surface area contributed by atoms with Gasteiger partial charge in [0.1, 0.15) is 0 Å². The summed E-state index contributed by atoms with van der Waals surface area (Å²) in [6, 6.07) is 3.30. The van der Waals surface area contributed by atoms with Crippen LogP contribution in [0.25, 0.3) is 11.1 Å². The first kappa shape index (κ1) is 10.8. The molecule has 82 valence electrons. The molecule has 0 atom stereocenters. The molecule has 0 saturated heterocycles. The number of nitrogens with zero attached hydrogens (tertiary/aromatic N) is 2. The molecule has 0 aromatic carbocycles. The molecule has 0 aliphatic carbocycles. The number of aromatic nitrogens is 2. The summed E-state index contributed by atoms with van der Waals surface area (Å²) in [4.78, 5) is 7.63. The lowest BCUT2D eigenvalue weighted by Crippen LogP contribution is -1.95. The zero-order valence-corrected chi connectivity index (χ0v) is 9.29. The Labute approximate surface area is 97.3 Å². The van der Waals surface area contributed by atoms with Crippen LogP contribution < -0.4 is 5.32 Å². The van der Waals surface area contributed by atoms with E-state index in [4.69, 9.17) is 11.6 Å². The van der Waals surface area contributed by atoms with Crippen molar-refractivity contribution in [2.45, 2.75) is 0 Å². The maximum atomic E-state index is 13.8. The lowest BCUT2D eigenvalue weighted by Gasteiger charge is -2.09. The van der Waals surface area contributed by atoms with Gasteiger partial charge in [0.05, 0.1) is 11.9 Å². The minimum absolute atomic E-state index is 0.128. The fourth-order valence-corrected chi connectivity index (χ4v) is 1.61. The van der Waals surface area contributed by atoms with Gasteiger partial charge in [-0.1, -0.05) is 11.6 Å². The van der Waals surface area contributed by atoms with Crippen LogP contribution in [0.4, 0.5) is 10.1 Å². The zero-order chi connectivity index (χ0) is 11.5. The van der Waals surface area contributed by atoms with E-state index in [0.29, 0.717) is 11.1 Å². The molecule has 0 spiro atoms. The number of hydrogen-bond donors (Lipinski definition) is 1. The van der Waals surface area contributed by atoms with Gasteiger partial charge in [-0.3, -0.25) is 4.98 Å². The van der Waals surface area contributed by atoms with E-state index in [0.717, 1.165) is 5.69 Å². The van der Waals surface area contributed by atoms with Gasteiger partial charge in [-0.2, -0.15) is 0 Å². The maximum absolute atomic E-state index is 13.8. The molecule has 2 rings (SSSR count). The second-order valence-corrected chi connectivity index (χ2v) is 3.49. The molecule has 0 fully saturated rings. The highest BCUT2D eigenvalue weighted by molar-refractivity contribution is 6.29. The summed E-state index contributed by atoms with van der Waals surface area (Å²) in [5, 5.41) is 2.82. The van der Waals surface area contributed by atoms with Gasteiger partial charge in [0, 0.05) is 30.6 Å². The standard InChI is InChI=1S/C11H9ClFN3/c1-14-9-6-15-4-2-7(9)8-3-5-16-11(12)10(8)13/h2-6,14H,1H3. The van der Waals surface area contributed by atoms with Crippen molar-refractivity contribution in [3.63, 3.8) is 0 Å². The molecule has 0 bridgehead atoms. The number of rotatable bonds is 2. The van der Waals surface area contributed by atoms with Crippen molar-refractivity contribution in [3.05, 3.63) is 41.7 Å². The predicted octanol–water partition coefficient (Wildman–Crippen LogP) is 2.98. The Morgan fingerprint density at radius 3 is 2.75 bits per heavy atom. The van der Waals surface area contributed by atoms with Crippen LogP contribution in [0.15, 0.2) is 30.7 Å². The van der Waals surface area contributed by atoms with Crippen LogP contribution in [-0.2, 0) is 0 Å². The van der Waals surface area contributed by atoms with E-state index < -0.39 is 5.82 Å². The normalized spacial score (nSPS) is 10.2. The quantitative estimate of drug-likeness (QED) is 0.816. The molecular formula is C11H9ClFN3. The molecule has 0 saturated carbocycles. The smallest absolute Gasteiger partial charge is 0.168 e. The topological polar surface area (TPSA) is 37.8 Å². The highest BCUT2D eigenvalue weighted by Crippen LogP contribution is 2.30. The van der Waals surface area contributed by atoms with Crippen molar-refractivity contribution < 1.29 is 4.39 Å². The second kappa shape index (κ2) is 4.45. The molecule has 1 N–H and O–H groups in total. The molecule has 2 aromatic heterocycles. The van der Waals surface area contributed by atoms with Gasteiger partial charge in [0.15, 0.2) is 11.0 Å². The monoisotopic (exact) mass is 237 g/mol. The SMILES string of the molecule is CNc1cnccc1-c1ccnc(Cl)c1F. The Morgan fingerprint density at radius 1 is 1.25 bits per heavy atom. The first-order valence-electron chi connectivity index (χ1n) is 4.66. The lowest BCUT2D eigenvalue weighted by molar-refractivity contribution is 0.625. The number of pyridine rings is 2. The minimum atomic E-state index is -0.521. The fraction of sp³-hybridized carbons (Fsp3) is 0.0909. The van der Waals surface area contributed by atoms with Crippen LogP contribution in [0.5, 0.6) is 0 Å². The highest BCUT2D eigenvalue weighted by Gasteiger charge is 2.12. The summed E-state index contributed by atoms with van der Waals surface area (Å²) in [5.74, 6) is -0.521. The van der Waals surface area contributed by atoms with Gasteiger partial charge in [-0.05, 0) is 12.1 Å². The van der Waals surface area contributed by atoms with Crippen LogP contribution in [0.3, 0.4) is 0 Å².